The first-order chi connectivity index (χ1) is 8.37. The van der Waals surface area contributed by atoms with Crippen LogP contribution < -0.4 is 10.6 Å². The molecule has 1 heterocycles. The second-order valence-corrected chi connectivity index (χ2v) is 4.29. The number of nitrogens with zero attached hydrogens (tertiary/aromatic N) is 2. The maximum absolute atomic E-state index is 12.5. The molecule has 18 heavy (non-hydrogen) atoms. The van der Waals surface area contributed by atoms with Crippen molar-refractivity contribution in [2.45, 2.75) is 25.1 Å². The van der Waals surface area contributed by atoms with E-state index in [4.69, 9.17) is 11.1 Å². The molecule has 0 saturated heterocycles. The van der Waals surface area contributed by atoms with Gasteiger partial charge in [0.1, 0.15) is 18.1 Å². The third-order valence-electron chi connectivity index (χ3n) is 2.69. The van der Waals surface area contributed by atoms with Gasteiger partial charge in [0.2, 0.25) is 0 Å². The zero-order chi connectivity index (χ0) is 13.3. The largest absolute Gasteiger partial charge is 0.405 e. The van der Waals surface area contributed by atoms with Crippen LogP contribution in [0.1, 0.15) is 18.5 Å². The summed E-state index contributed by atoms with van der Waals surface area (Å²) in [6.07, 6.45) is -1.36. The number of alkyl halides is 3. The van der Waals surface area contributed by atoms with Crippen LogP contribution in [0.5, 0.6) is 0 Å². The van der Waals surface area contributed by atoms with Gasteiger partial charge in [-0.25, -0.2) is 0 Å². The third-order valence-corrected chi connectivity index (χ3v) is 2.69. The number of amidine groups is 1. The van der Waals surface area contributed by atoms with E-state index < -0.39 is 12.7 Å². The van der Waals surface area contributed by atoms with Crippen LogP contribution in [0.4, 0.5) is 18.9 Å². The molecule has 1 aliphatic carbocycles. The lowest BCUT2D eigenvalue weighted by molar-refractivity contribution is -0.120. The molecule has 1 saturated carbocycles. The number of hydrogen-bond acceptors (Lipinski definition) is 3. The molecule has 0 amide bonds. The van der Waals surface area contributed by atoms with Crippen LogP contribution in [-0.2, 0) is 0 Å². The zero-order valence-corrected chi connectivity index (χ0v) is 9.54. The predicted molar refractivity (Wildman–Crippen MR) is 61.7 cm³/mol. The van der Waals surface area contributed by atoms with Crippen LogP contribution >= 0.6 is 0 Å². The first kappa shape index (κ1) is 12.7. The number of halogens is 3. The molecule has 3 N–H and O–H groups in total. The Morgan fingerprint density at radius 3 is 2.50 bits per heavy atom. The van der Waals surface area contributed by atoms with Crippen LogP contribution in [0.25, 0.3) is 0 Å². The van der Waals surface area contributed by atoms with E-state index in [0.29, 0.717) is 5.69 Å². The molecule has 2 rings (SSSR count). The van der Waals surface area contributed by atoms with Crippen molar-refractivity contribution in [3.63, 3.8) is 0 Å². The van der Waals surface area contributed by atoms with Gasteiger partial charge in [-0.3, -0.25) is 10.4 Å². The molecule has 4 nitrogen and oxygen atoms in total. The molecule has 0 spiro atoms. The van der Waals surface area contributed by atoms with Gasteiger partial charge in [-0.2, -0.15) is 13.2 Å². The monoisotopic (exact) mass is 258 g/mol. The topological polar surface area (TPSA) is 66.0 Å². The van der Waals surface area contributed by atoms with Crippen molar-refractivity contribution in [1.82, 2.24) is 4.98 Å². The normalized spacial score (nSPS) is 15.5. The Bertz CT molecular complexity index is 437. The average molecular weight is 258 g/mol. The quantitative estimate of drug-likeness (QED) is 0.640. The summed E-state index contributed by atoms with van der Waals surface area (Å²) in [4.78, 5) is 5.18. The van der Waals surface area contributed by atoms with Gasteiger partial charge in [0.25, 0.3) is 0 Å². The van der Waals surface area contributed by atoms with E-state index in [9.17, 15) is 13.2 Å². The third kappa shape index (κ3) is 3.12. The summed E-state index contributed by atoms with van der Waals surface area (Å²) in [5, 5.41) is 7.18. The van der Waals surface area contributed by atoms with Crippen molar-refractivity contribution in [2.24, 2.45) is 5.73 Å². The van der Waals surface area contributed by atoms with Crippen LogP contribution in [-0.4, -0.2) is 29.6 Å². The fraction of sp³-hybridized carbons (Fsp3) is 0.455. The van der Waals surface area contributed by atoms with Crippen LogP contribution in [0.15, 0.2) is 18.3 Å². The van der Waals surface area contributed by atoms with Crippen molar-refractivity contribution in [1.29, 1.82) is 5.41 Å². The lowest BCUT2D eigenvalue weighted by Gasteiger charge is -2.25. The summed E-state index contributed by atoms with van der Waals surface area (Å²) < 4.78 is 37.4. The van der Waals surface area contributed by atoms with Gasteiger partial charge in [-0.1, -0.05) is 0 Å². The van der Waals surface area contributed by atoms with Gasteiger partial charge in [0.05, 0.1) is 11.9 Å². The molecule has 0 aromatic carbocycles. The van der Waals surface area contributed by atoms with Gasteiger partial charge < -0.3 is 10.6 Å². The Hall–Kier alpha value is -1.79. The average Bonchev–Trinajstić information content (AvgIpc) is 3.08. The number of rotatable bonds is 4. The minimum Gasteiger partial charge on any atom is -0.382 e. The molecule has 0 aliphatic heterocycles. The SMILES string of the molecule is N=C(N)c1ccc(N(CC(F)(F)F)C2CC2)cn1. The van der Waals surface area contributed by atoms with Crippen molar-refractivity contribution in [3.05, 3.63) is 24.0 Å². The predicted octanol–water partition coefficient (Wildman–Crippen LogP) is 1.90. The number of pyridine rings is 1. The lowest BCUT2D eigenvalue weighted by atomic mass is 10.3. The van der Waals surface area contributed by atoms with E-state index in [-0.39, 0.29) is 17.6 Å². The molecule has 0 atom stereocenters. The number of hydrogen-bond donors (Lipinski definition) is 2. The summed E-state index contributed by atoms with van der Waals surface area (Å²) in [6, 6.07) is 2.92. The molecular formula is C11H13F3N4. The molecule has 0 bridgehead atoms. The number of nitrogen functional groups attached to an aromatic ring is 1. The highest BCUT2D eigenvalue weighted by atomic mass is 19.4. The van der Waals surface area contributed by atoms with Gasteiger partial charge in [0.15, 0.2) is 0 Å². The van der Waals surface area contributed by atoms with Crippen molar-refractivity contribution in [2.75, 3.05) is 11.4 Å². The molecule has 0 unspecified atom stereocenters. The Balaban J connectivity index is 2.18. The number of aromatic nitrogens is 1. The maximum Gasteiger partial charge on any atom is 0.405 e. The van der Waals surface area contributed by atoms with Crippen molar-refractivity contribution in [3.8, 4) is 0 Å². The lowest BCUT2D eigenvalue weighted by Crippen LogP contribution is -2.36. The van der Waals surface area contributed by atoms with E-state index in [1.54, 1.807) is 0 Å². The summed E-state index contributed by atoms with van der Waals surface area (Å²) in [5.41, 5.74) is 5.92. The minimum atomic E-state index is -4.23. The van der Waals surface area contributed by atoms with Gasteiger partial charge >= 0.3 is 6.18 Å². The number of anilines is 1. The Kier molecular flexibility index (Phi) is 3.14. The molecule has 1 aliphatic rings. The highest BCUT2D eigenvalue weighted by Crippen LogP contribution is 2.33. The van der Waals surface area contributed by atoms with Gasteiger partial charge in [-0.05, 0) is 25.0 Å². The summed E-state index contributed by atoms with van der Waals surface area (Å²) in [7, 11) is 0. The standard InChI is InChI=1S/C11H13F3N4/c12-11(13,14)6-18(7-1-2-7)8-3-4-9(10(15)16)17-5-8/h3-5,7H,1-2,6H2,(H3,15,16). The maximum atomic E-state index is 12.5. The van der Waals surface area contributed by atoms with Crippen LogP contribution in [0.3, 0.4) is 0 Å². The van der Waals surface area contributed by atoms with Crippen molar-refractivity contribution < 1.29 is 13.2 Å². The Morgan fingerprint density at radius 2 is 2.11 bits per heavy atom. The summed E-state index contributed by atoms with van der Waals surface area (Å²) in [5.74, 6) is -0.199. The summed E-state index contributed by atoms with van der Waals surface area (Å²) >= 11 is 0. The smallest absolute Gasteiger partial charge is 0.382 e. The van der Waals surface area contributed by atoms with E-state index in [0.717, 1.165) is 12.8 Å². The molecule has 1 fully saturated rings. The first-order valence-electron chi connectivity index (χ1n) is 5.50. The van der Waals surface area contributed by atoms with E-state index in [2.05, 4.69) is 4.98 Å². The van der Waals surface area contributed by atoms with Gasteiger partial charge in [0, 0.05) is 6.04 Å². The Morgan fingerprint density at radius 1 is 1.44 bits per heavy atom. The molecule has 98 valence electrons. The molecular weight excluding hydrogens is 245 g/mol. The second-order valence-electron chi connectivity index (χ2n) is 4.29. The van der Waals surface area contributed by atoms with Crippen LogP contribution in [0, 0.1) is 5.41 Å². The minimum absolute atomic E-state index is 0.0587. The Labute approximate surface area is 102 Å². The molecule has 1 aromatic rings. The van der Waals surface area contributed by atoms with E-state index >= 15 is 0 Å². The zero-order valence-electron chi connectivity index (χ0n) is 9.54. The first-order valence-corrected chi connectivity index (χ1v) is 5.50. The van der Waals surface area contributed by atoms with Crippen molar-refractivity contribution >= 4 is 11.5 Å². The summed E-state index contributed by atoms with van der Waals surface area (Å²) in [6.45, 7) is -0.973. The highest BCUT2D eigenvalue weighted by molar-refractivity contribution is 5.93. The fourth-order valence-electron chi connectivity index (χ4n) is 1.73. The van der Waals surface area contributed by atoms with Crippen LogP contribution in [0.2, 0.25) is 0 Å². The number of nitrogens with two attached hydrogens (primary N) is 1. The van der Waals surface area contributed by atoms with E-state index in [1.165, 1.54) is 23.2 Å². The molecule has 0 radical (unpaired) electrons. The highest BCUT2D eigenvalue weighted by Gasteiger charge is 2.38. The molecule has 7 heteroatoms. The van der Waals surface area contributed by atoms with E-state index in [1.807, 2.05) is 0 Å². The fourth-order valence-corrected chi connectivity index (χ4v) is 1.73. The van der Waals surface area contributed by atoms with Gasteiger partial charge in [-0.15, -0.1) is 0 Å². The number of nitrogens with one attached hydrogen (secondary N) is 1. The molecule has 1 aromatic heterocycles. The second kappa shape index (κ2) is 4.47.